The molecule has 5 heteroatoms. The molecule has 0 radical (unpaired) electrons. The van der Waals surface area contributed by atoms with Crippen LogP contribution in [0, 0.1) is 0 Å². The molecule has 4 nitrogen and oxygen atoms in total. The summed E-state index contributed by atoms with van der Waals surface area (Å²) in [6.07, 6.45) is 11.6. The number of rotatable bonds is 7. The summed E-state index contributed by atoms with van der Waals surface area (Å²) < 4.78 is 7.87. The molecule has 5 aromatic rings. The molecular weight excluding hydrogens is 545 g/mol. The van der Waals surface area contributed by atoms with Gasteiger partial charge in [-0.1, -0.05) is 109 Å². The molecule has 2 unspecified atom stereocenters. The van der Waals surface area contributed by atoms with Crippen LogP contribution in [-0.2, 0) is 0 Å². The second-order valence-corrected chi connectivity index (χ2v) is 13.6. The highest BCUT2D eigenvalue weighted by Gasteiger charge is 2.51. The van der Waals surface area contributed by atoms with Gasteiger partial charge in [-0.05, 0) is 60.7 Å². The molecule has 0 fully saturated rings. The fourth-order valence-electron chi connectivity index (χ4n) is 6.41. The van der Waals surface area contributed by atoms with E-state index in [1.165, 1.54) is 34.1 Å². The predicted molar refractivity (Wildman–Crippen MR) is 187 cm³/mol. The number of anilines is 6. The molecule has 0 N–H and O–H groups in total. The lowest BCUT2D eigenvalue weighted by atomic mass is 10.0. The Morgan fingerprint density at radius 1 is 0.488 bits per heavy atom. The maximum Gasteiger partial charge on any atom is 0.0844 e. The van der Waals surface area contributed by atoms with E-state index in [4.69, 9.17) is 0 Å². The summed E-state index contributed by atoms with van der Waals surface area (Å²) in [5.41, 5.74) is 7.15. The molecule has 1 heterocycles. The molecule has 0 saturated heterocycles. The van der Waals surface area contributed by atoms with Gasteiger partial charge >= 0.3 is 0 Å². The number of likely N-dealkylation sites (N-methyl/N-ethyl adjacent to an activating group) is 1. The summed E-state index contributed by atoms with van der Waals surface area (Å²) in [7, 11) is 0.209. The van der Waals surface area contributed by atoms with Gasteiger partial charge < -0.3 is 4.90 Å². The third-order valence-corrected chi connectivity index (χ3v) is 11.7. The summed E-state index contributed by atoms with van der Waals surface area (Å²) in [6, 6.07) is 52.4. The predicted octanol–water partition coefficient (Wildman–Crippen LogP) is 9.66. The lowest BCUT2D eigenvalue weighted by Gasteiger charge is -2.58. The monoisotopic (exact) mass is 580 g/mol. The molecular formula is C38H36N4S. The van der Waals surface area contributed by atoms with E-state index in [9.17, 15) is 0 Å². The summed E-state index contributed by atoms with van der Waals surface area (Å²) in [4.78, 5) is 2.41. The molecule has 1 aliphatic heterocycles. The molecule has 0 aromatic heterocycles. The largest absolute Gasteiger partial charge is 0.366 e. The van der Waals surface area contributed by atoms with Gasteiger partial charge in [-0.15, -0.1) is 0 Å². The molecule has 5 aromatic carbocycles. The highest BCUT2D eigenvalue weighted by molar-refractivity contribution is 8.37. The van der Waals surface area contributed by atoms with Crippen LogP contribution in [0.15, 0.2) is 170 Å². The lowest BCUT2D eigenvalue weighted by Crippen LogP contribution is -2.55. The quantitative estimate of drug-likeness (QED) is 0.190. The molecule has 43 heavy (non-hydrogen) atoms. The smallest absolute Gasteiger partial charge is 0.0844 e. The Labute approximate surface area is 257 Å². The Morgan fingerprint density at radius 3 is 1.37 bits per heavy atom. The Hall–Kier alpha value is -4.87. The van der Waals surface area contributed by atoms with Gasteiger partial charge in [0.15, 0.2) is 0 Å². The van der Waals surface area contributed by atoms with Gasteiger partial charge in [0.25, 0.3) is 0 Å². The summed E-state index contributed by atoms with van der Waals surface area (Å²) in [6.45, 7) is 0. The second kappa shape index (κ2) is 11.4. The average Bonchev–Trinajstić information content (AvgIpc) is 3.34. The number of hydrogen-bond acceptors (Lipinski definition) is 4. The Balaban J connectivity index is 1.49. The number of nitrogens with zero attached hydrogens (tertiary/aromatic N) is 4. The highest BCUT2D eigenvalue weighted by Crippen LogP contribution is 2.72. The minimum atomic E-state index is -2.00. The van der Waals surface area contributed by atoms with Gasteiger partial charge in [0.2, 0.25) is 0 Å². The van der Waals surface area contributed by atoms with Crippen molar-refractivity contribution in [2.75, 3.05) is 31.1 Å². The Kier molecular flexibility index (Phi) is 7.17. The van der Waals surface area contributed by atoms with Crippen molar-refractivity contribution < 1.29 is 0 Å². The van der Waals surface area contributed by atoms with E-state index < -0.39 is 10.6 Å². The zero-order valence-corrected chi connectivity index (χ0v) is 25.3. The highest BCUT2D eigenvalue weighted by atomic mass is 32.3. The van der Waals surface area contributed by atoms with Gasteiger partial charge in [0, 0.05) is 35.3 Å². The van der Waals surface area contributed by atoms with Crippen molar-refractivity contribution in [2.24, 2.45) is 0 Å². The van der Waals surface area contributed by atoms with Crippen molar-refractivity contribution >= 4 is 44.7 Å². The number of para-hydroxylation sites is 6. The number of fused-ring (bicyclic) bond motifs is 1. The Morgan fingerprint density at radius 2 is 0.884 bits per heavy atom. The van der Waals surface area contributed by atoms with Crippen LogP contribution in [0.1, 0.15) is 0 Å². The number of benzene rings is 5. The minimum absolute atomic E-state index is 0.0318. The van der Waals surface area contributed by atoms with E-state index in [1.807, 2.05) is 0 Å². The van der Waals surface area contributed by atoms with Crippen LogP contribution in [0.2, 0.25) is 0 Å². The lowest BCUT2D eigenvalue weighted by molar-refractivity contribution is 0.659. The van der Waals surface area contributed by atoms with Crippen LogP contribution in [-0.4, -0.2) is 25.4 Å². The maximum absolute atomic E-state index is 2.69. The van der Waals surface area contributed by atoms with Gasteiger partial charge in [-0.3, -0.25) is 12.9 Å². The fourth-order valence-corrected chi connectivity index (χ4v) is 10.2. The van der Waals surface area contributed by atoms with Gasteiger partial charge in [0.1, 0.15) is 0 Å². The standard InChI is InChI=1S/C38H36N4S/c1-39(31-19-7-3-8-20-31)35-27-15-16-28-36(35)40(32-21-9-4-10-22-32)43(2)41(33-23-11-5-12-24-33)37-29-17-18-30-38(37)42(43)34-25-13-6-14-26-34/h3-30,35-36H,1-2H3. The zero-order chi connectivity index (χ0) is 29.2. The molecule has 0 saturated carbocycles. The minimum Gasteiger partial charge on any atom is -0.366 e. The first-order chi connectivity index (χ1) is 21.2. The topological polar surface area (TPSA) is 13.0 Å². The first-order valence-corrected chi connectivity index (χ1v) is 16.6. The van der Waals surface area contributed by atoms with E-state index in [2.05, 4.69) is 201 Å². The van der Waals surface area contributed by atoms with Crippen LogP contribution < -0.4 is 17.8 Å². The van der Waals surface area contributed by atoms with E-state index in [0.717, 1.165) is 0 Å². The molecule has 2 aliphatic rings. The van der Waals surface area contributed by atoms with Crippen LogP contribution in [0.3, 0.4) is 0 Å². The number of allylic oxidation sites excluding steroid dienone is 2. The van der Waals surface area contributed by atoms with Crippen molar-refractivity contribution in [1.29, 1.82) is 0 Å². The molecule has 0 amide bonds. The average molecular weight is 581 g/mol. The van der Waals surface area contributed by atoms with Crippen molar-refractivity contribution in [3.05, 3.63) is 170 Å². The van der Waals surface area contributed by atoms with Crippen molar-refractivity contribution in [3.63, 3.8) is 0 Å². The van der Waals surface area contributed by atoms with Gasteiger partial charge in [-0.25, -0.2) is 0 Å². The van der Waals surface area contributed by atoms with Crippen LogP contribution in [0.5, 0.6) is 0 Å². The fraction of sp³-hybridized carbons (Fsp3) is 0.105. The maximum atomic E-state index is 2.69. The first kappa shape index (κ1) is 27.0. The van der Waals surface area contributed by atoms with Crippen LogP contribution in [0.25, 0.3) is 0 Å². The molecule has 214 valence electrons. The summed E-state index contributed by atoms with van der Waals surface area (Å²) in [5, 5.41) is 0. The van der Waals surface area contributed by atoms with E-state index in [-0.39, 0.29) is 12.1 Å². The summed E-state index contributed by atoms with van der Waals surface area (Å²) >= 11 is 0. The molecule has 2 atom stereocenters. The van der Waals surface area contributed by atoms with E-state index >= 15 is 0 Å². The van der Waals surface area contributed by atoms with E-state index in [1.54, 1.807) is 0 Å². The SMILES string of the molecule is CN(c1ccccc1)C1C=CC=CC1N(c1ccccc1)S1(C)N(c2ccccc2)c2ccccc2N1c1ccccc1. The third-order valence-electron chi connectivity index (χ3n) is 8.33. The van der Waals surface area contributed by atoms with Crippen LogP contribution >= 0.6 is 10.6 Å². The third kappa shape index (κ3) is 4.66. The number of hydrogen-bond donors (Lipinski definition) is 0. The van der Waals surface area contributed by atoms with Crippen molar-refractivity contribution in [3.8, 4) is 0 Å². The normalized spacial score (nSPS) is 19.1. The van der Waals surface area contributed by atoms with Gasteiger partial charge in [-0.2, -0.15) is 0 Å². The van der Waals surface area contributed by atoms with E-state index in [0.29, 0.717) is 0 Å². The molecule has 1 aliphatic carbocycles. The Bertz CT molecular complexity index is 1660. The van der Waals surface area contributed by atoms with Crippen molar-refractivity contribution in [1.82, 2.24) is 0 Å². The molecule has 0 spiro atoms. The van der Waals surface area contributed by atoms with Crippen molar-refractivity contribution in [2.45, 2.75) is 12.1 Å². The van der Waals surface area contributed by atoms with Gasteiger partial charge in [0.05, 0.1) is 34.8 Å². The van der Waals surface area contributed by atoms with Crippen LogP contribution in [0.4, 0.5) is 34.1 Å². The molecule has 0 bridgehead atoms. The summed E-state index contributed by atoms with van der Waals surface area (Å²) in [5.74, 6) is 0. The molecule has 7 rings (SSSR count). The zero-order valence-electron chi connectivity index (χ0n) is 24.5. The second-order valence-electron chi connectivity index (χ2n) is 10.9. The first-order valence-electron chi connectivity index (χ1n) is 14.7.